The lowest BCUT2D eigenvalue weighted by Crippen LogP contribution is -2.50. The third kappa shape index (κ3) is 3.51. The Labute approximate surface area is 141 Å². The summed E-state index contributed by atoms with van der Waals surface area (Å²) in [6.07, 6.45) is 2.80. The van der Waals surface area contributed by atoms with Crippen LogP contribution in [0, 0.1) is 10.1 Å². The molecule has 1 aliphatic carbocycles. The normalized spacial score (nSPS) is 23.8. The molecule has 1 N–H and O–H groups in total. The van der Waals surface area contributed by atoms with Gasteiger partial charge in [-0.05, 0) is 38.3 Å². The van der Waals surface area contributed by atoms with E-state index in [0.717, 1.165) is 19.3 Å². The van der Waals surface area contributed by atoms with Crippen LogP contribution in [0.4, 0.5) is 11.4 Å². The highest BCUT2D eigenvalue weighted by atomic mass is 16.6. The number of nitrogens with zero attached hydrogens (tertiary/aromatic N) is 2. The van der Waals surface area contributed by atoms with E-state index in [4.69, 9.17) is 4.74 Å². The van der Waals surface area contributed by atoms with Gasteiger partial charge in [-0.15, -0.1) is 0 Å². The van der Waals surface area contributed by atoms with Crippen molar-refractivity contribution in [2.24, 2.45) is 0 Å². The zero-order valence-corrected chi connectivity index (χ0v) is 14.1. The van der Waals surface area contributed by atoms with E-state index in [1.54, 1.807) is 12.1 Å². The fourth-order valence-corrected chi connectivity index (χ4v) is 2.92. The third-order valence-corrected chi connectivity index (χ3v) is 4.77. The molecule has 130 valence electrons. The Balaban J connectivity index is 1.87. The molecule has 1 aromatic rings. The first kappa shape index (κ1) is 16.7. The van der Waals surface area contributed by atoms with E-state index >= 15 is 0 Å². The van der Waals surface area contributed by atoms with Gasteiger partial charge in [-0.1, -0.05) is 6.92 Å². The van der Waals surface area contributed by atoms with E-state index in [2.05, 4.69) is 5.32 Å². The molecule has 1 amide bonds. The number of carbonyl (C=O) groups excluding carboxylic acids is 1. The molecule has 0 aromatic heterocycles. The van der Waals surface area contributed by atoms with Gasteiger partial charge in [0, 0.05) is 30.8 Å². The van der Waals surface area contributed by atoms with E-state index < -0.39 is 4.92 Å². The maximum Gasteiger partial charge on any atom is 0.293 e. The summed E-state index contributed by atoms with van der Waals surface area (Å²) in [5, 5.41) is 14.4. The number of nitro groups is 1. The SMILES string of the molecule is CCC1(C)CN(c2ccc(C(=O)NC3CC3)cc2[N+](=O)[O-])CCO1. The second-order valence-electron chi connectivity index (χ2n) is 6.78. The molecular weight excluding hydrogens is 310 g/mol. The monoisotopic (exact) mass is 333 g/mol. The fraction of sp³-hybridized carbons (Fsp3) is 0.588. The molecule has 2 aliphatic rings. The van der Waals surface area contributed by atoms with Gasteiger partial charge in [-0.3, -0.25) is 14.9 Å². The number of hydrogen-bond acceptors (Lipinski definition) is 5. The van der Waals surface area contributed by atoms with Gasteiger partial charge in [-0.25, -0.2) is 0 Å². The molecule has 1 saturated carbocycles. The highest BCUT2D eigenvalue weighted by Crippen LogP contribution is 2.33. The molecule has 1 aliphatic heterocycles. The number of rotatable bonds is 5. The number of nitrogens with one attached hydrogen (secondary N) is 1. The van der Waals surface area contributed by atoms with Crippen molar-refractivity contribution in [3.8, 4) is 0 Å². The largest absolute Gasteiger partial charge is 0.372 e. The van der Waals surface area contributed by atoms with Gasteiger partial charge in [0.25, 0.3) is 11.6 Å². The molecule has 1 saturated heterocycles. The summed E-state index contributed by atoms with van der Waals surface area (Å²) < 4.78 is 5.80. The Hall–Kier alpha value is -2.15. The number of nitro benzene ring substituents is 1. The molecular formula is C17H23N3O4. The number of benzene rings is 1. The zero-order chi connectivity index (χ0) is 17.3. The summed E-state index contributed by atoms with van der Waals surface area (Å²) in [5.74, 6) is -0.243. The van der Waals surface area contributed by atoms with E-state index in [0.29, 0.717) is 30.9 Å². The van der Waals surface area contributed by atoms with E-state index in [-0.39, 0.29) is 23.2 Å². The van der Waals surface area contributed by atoms with Gasteiger partial charge in [0.2, 0.25) is 0 Å². The van der Waals surface area contributed by atoms with Crippen molar-refractivity contribution in [1.29, 1.82) is 0 Å². The molecule has 0 spiro atoms. The Morgan fingerprint density at radius 1 is 1.50 bits per heavy atom. The Morgan fingerprint density at radius 3 is 2.88 bits per heavy atom. The van der Waals surface area contributed by atoms with E-state index in [1.165, 1.54) is 6.07 Å². The van der Waals surface area contributed by atoms with Crippen LogP contribution in [0.25, 0.3) is 0 Å². The topological polar surface area (TPSA) is 84.7 Å². The van der Waals surface area contributed by atoms with E-state index in [1.807, 2.05) is 18.7 Å². The molecule has 3 rings (SSSR count). The molecule has 24 heavy (non-hydrogen) atoms. The van der Waals surface area contributed by atoms with Crippen LogP contribution in [0.5, 0.6) is 0 Å². The minimum atomic E-state index is -0.415. The summed E-state index contributed by atoms with van der Waals surface area (Å²) in [7, 11) is 0. The van der Waals surface area contributed by atoms with Crippen LogP contribution in [-0.4, -0.2) is 42.2 Å². The van der Waals surface area contributed by atoms with Crippen LogP contribution < -0.4 is 10.2 Å². The van der Waals surface area contributed by atoms with Crippen LogP contribution in [0.1, 0.15) is 43.5 Å². The molecule has 7 nitrogen and oxygen atoms in total. The molecule has 1 aromatic carbocycles. The highest BCUT2D eigenvalue weighted by molar-refractivity contribution is 5.96. The zero-order valence-electron chi connectivity index (χ0n) is 14.1. The average molecular weight is 333 g/mol. The first-order valence-corrected chi connectivity index (χ1v) is 8.40. The van der Waals surface area contributed by atoms with Gasteiger partial charge in [0.15, 0.2) is 0 Å². The smallest absolute Gasteiger partial charge is 0.293 e. The van der Waals surface area contributed by atoms with Crippen molar-refractivity contribution in [3.05, 3.63) is 33.9 Å². The van der Waals surface area contributed by atoms with Gasteiger partial charge in [0.1, 0.15) is 5.69 Å². The van der Waals surface area contributed by atoms with Crippen LogP contribution in [-0.2, 0) is 4.74 Å². The summed E-state index contributed by atoms with van der Waals surface area (Å²) in [5.41, 5.74) is 0.544. The van der Waals surface area contributed by atoms with Crippen LogP contribution in [0.3, 0.4) is 0 Å². The maximum absolute atomic E-state index is 12.1. The summed E-state index contributed by atoms with van der Waals surface area (Å²) in [6.45, 7) is 5.79. The highest BCUT2D eigenvalue weighted by Gasteiger charge is 2.33. The van der Waals surface area contributed by atoms with Crippen molar-refractivity contribution in [1.82, 2.24) is 5.32 Å². The Morgan fingerprint density at radius 2 is 2.25 bits per heavy atom. The van der Waals surface area contributed by atoms with Gasteiger partial charge in [0.05, 0.1) is 17.1 Å². The second-order valence-corrected chi connectivity index (χ2v) is 6.78. The maximum atomic E-state index is 12.1. The fourth-order valence-electron chi connectivity index (χ4n) is 2.92. The molecule has 7 heteroatoms. The number of morpholine rings is 1. The Bertz CT molecular complexity index is 659. The molecule has 1 heterocycles. The summed E-state index contributed by atoms with van der Waals surface area (Å²) in [4.78, 5) is 25.2. The first-order chi connectivity index (χ1) is 11.4. The molecule has 1 atom stereocenters. The number of ether oxygens (including phenoxy) is 1. The number of carbonyl (C=O) groups is 1. The van der Waals surface area contributed by atoms with Gasteiger partial charge in [-0.2, -0.15) is 0 Å². The molecule has 0 radical (unpaired) electrons. The molecule has 2 fully saturated rings. The van der Waals surface area contributed by atoms with Gasteiger partial charge >= 0.3 is 0 Å². The van der Waals surface area contributed by atoms with Crippen LogP contribution in [0.2, 0.25) is 0 Å². The lowest BCUT2D eigenvalue weighted by atomic mass is 10.00. The van der Waals surface area contributed by atoms with Crippen LogP contribution >= 0.6 is 0 Å². The summed E-state index contributed by atoms with van der Waals surface area (Å²) in [6, 6.07) is 4.95. The predicted octanol–water partition coefficient (Wildman–Crippen LogP) is 2.49. The minimum absolute atomic E-state index is 0.0289. The first-order valence-electron chi connectivity index (χ1n) is 8.40. The van der Waals surface area contributed by atoms with Crippen LogP contribution in [0.15, 0.2) is 18.2 Å². The summed E-state index contributed by atoms with van der Waals surface area (Å²) >= 11 is 0. The molecule has 0 bridgehead atoms. The average Bonchev–Trinajstić information content (AvgIpc) is 3.38. The van der Waals surface area contributed by atoms with Crippen molar-refractivity contribution < 1.29 is 14.5 Å². The second kappa shape index (κ2) is 6.39. The Kier molecular flexibility index (Phi) is 4.45. The van der Waals surface area contributed by atoms with Crippen molar-refractivity contribution in [2.45, 2.75) is 44.8 Å². The third-order valence-electron chi connectivity index (χ3n) is 4.77. The lowest BCUT2D eigenvalue weighted by Gasteiger charge is -2.41. The van der Waals surface area contributed by atoms with E-state index in [9.17, 15) is 14.9 Å². The number of anilines is 1. The van der Waals surface area contributed by atoms with Crippen molar-refractivity contribution in [2.75, 3.05) is 24.6 Å². The predicted molar refractivity (Wildman–Crippen MR) is 90.4 cm³/mol. The lowest BCUT2D eigenvalue weighted by molar-refractivity contribution is -0.384. The van der Waals surface area contributed by atoms with Gasteiger partial charge < -0.3 is 15.0 Å². The van der Waals surface area contributed by atoms with Crippen molar-refractivity contribution >= 4 is 17.3 Å². The quantitative estimate of drug-likeness (QED) is 0.661. The number of hydrogen-bond donors (Lipinski definition) is 1. The standard InChI is InChI=1S/C17H23N3O4/c1-3-17(2)11-19(8-9-24-17)14-7-4-12(10-15(14)20(22)23)16(21)18-13-5-6-13/h4,7,10,13H,3,5-6,8-9,11H2,1-2H3,(H,18,21). The minimum Gasteiger partial charge on any atom is -0.372 e. The number of amides is 1. The van der Waals surface area contributed by atoms with Crippen molar-refractivity contribution in [3.63, 3.8) is 0 Å². The molecule has 1 unspecified atom stereocenters.